The normalized spacial score (nSPS) is 11.1. The van der Waals surface area contributed by atoms with E-state index in [0.717, 1.165) is 12.1 Å². The lowest BCUT2D eigenvalue weighted by molar-refractivity contribution is -0.274. The standard InChI is InChI=1S/C16H11F3N6O2/c1-9-12(7-20)15(21)25(24-9)13-6-14(23-8-22-13)26-10-3-2-4-11(5-10)27-16(17,18)19/h2-6,8H,21H2,1H3. The predicted molar refractivity (Wildman–Crippen MR) is 86.2 cm³/mol. The molecule has 0 saturated carbocycles. The summed E-state index contributed by atoms with van der Waals surface area (Å²) in [6.45, 7) is 1.62. The molecule has 1 aromatic carbocycles. The average molecular weight is 376 g/mol. The Morgan fingerprint density at radius 2 is 1.93 bits per heavy atom. The highest BCUT2D eigenvalue weighted by atomic mass is 19.4. The molecule has 11 heteroatoms. The lowest BCUT2D eigenvalue weighted by atomic mass is 10.3. The smallest absolute Gasteiger partial charge is 0.439 e. The molecular formula is C16H11F3N6O2. The van der Waals surface area contributed by atoms with Crippen LogP contribution in [0, 0.1) is 18.3 Å². The molecule has 0 amide bonds. The molecule has 2 aromatic heterocycles. The number of aromatic nitrogens is 4. The number of nitrogens with two attached hydrogens (primary N) is 1. The molecule has 0 unspecified atom stereocenters. The van der Waals surface area contributed by atoms with Gasteiger partial charge in [0.2, 0.25) is 5.88 Å². The number of benzene rings is 1. The summed E-state index contributed by atoms with van der Waals surface area (Å²) >= 11 is 0. The first-order valence-electron chi connectivity index (χ1n) is 7.38. The summed E-state index contributed by atoms with van der Waals surface area (Å²) in [5, 5.41) is 13.2. The van der Waals surface area contributed by atoms with Crippen LogP contribution in [0.4, 0.5) is 19.0 Å². The van der Waals surface area contributed by atoms with Gasteiger partial charge in [-0.3, -0.25) is 0 Å². The molecule has 0 bridgehead atoms. The second-order valence-corrected chi connectivity index (χ2v) is 5.21. The van der Waals surface area contributed by atoms with Crippen molar-refractivity contribution in [1.82, 2.24) is 19.7 Å². The highest BCUT2D eigenvalue weighted by molar-refractivity contribution is 5.55. The summed E-state index contributed by atoms with van der Waals surface area (Å²) in [5.41, 5.74) is 6.52. The summed E-state index contributed by atoms with van der Waals surface area (Å²) in [7, 11) is 0. The third kappa shape index (κ3) is 4.06. The Hall–Kier alpha value is -3.81. The molecule has 0 aliphatic heterocycles. The van der Waals surface area contributed by atoms with E-state index in [1.807, 2.05) is 6.07 Å². The number of halogens is 3. The molecule has 0 fully saturated rings. The van der Waals surface area contributed by atoms with Crippen molar-refractivity contribution in [2.24, 2.45) is 0 Å². The molecule has 8 nitrogen and oxygen atoms in total. The van der Waals surface area contributed by atoms with Crippen molar-refractivity contribution in [3.63, 3.8) is 0 Å². The van der Waals surface area contributed by atoms with Gasteiger partial charge < -0.3 is 15.2 Å². The van der Waals surface area contributed by atoms with Crippen LogP contribution < -0.4 is 15.2 Å². The second-order valence-electron chi connectivity index (χ2n) is 5.21. The van der Waals surface area contributed by atoms with Crippen LogP contribution in [-0.4, -0.2) is 26.1 Å². The minimum absolute atomic E-state index is 0.0372. The summed E-state index contributed by atoms with van der Waals surface area (Å²) in [6, 6.07) is 8.30. The van der Waals surface area contributed by atoms with E-state index in [9.17, 15) is 13.2 Å². The minimum atomic E-state index is -4.81. The van der Waals surface area contributed by atoms with E-state index >= 15 is 0 Å². The third-order valence-electron chi connectivity index (χ3n) is 3.31. The van der Waals surface area contributed by atoms with Gasteiger partial charge >= 0.3 is 6.36 Å². The lowest BCUT2D eigenvalue weighted by Gasteiger charge is -2.10. The van der Waals surface area contributed by atoms with E-state index in [1.54, 1.807) is 6.92 Å². The van der Waals surface area contributed by atoms with E-state index in [2.05, 4.69) is 19.8 Å². The summed E-state index contributed by atoms with van der Waals surface area (Å²) in [5.74, 6) is 0.00357. The third-order valence-corrected chi connectivity index (χ3v) is 3.31. The molecule has 2 N–H and O–H groups in total. The molecule has 0 saturated heterocycles. The Balaban J connectivity index is 1.87. The zero-order valence-corrected chi connectivity index (χ0v) is 13.7. The molecule has 0 atom stereocenters. The topological polar surface area (TPSA) is 112 Å². The van der Waals surface area contributed by atoms with Crippen LogP contribution in [-0.2, 0) is 0 Å². The van der Waals surface area contributed by atoms with Crippen LogP contribution in [0.2, 0.25) is 0 Å². The summed E-state index contributed by atoms with van der Waals surface area (Å²) in [6.07, 6.45) is -3.64. The number of hydrogen-bond acceptors (Lipinski definition) is 7. The molecule has 27 heavy (non-hydrogen) atoms. The SMILES string of the molecule is Cc1nn(-c2cc(Oc3cccc(OC(F)(F)F)c3)ncn2)c(N)c1C#N. The van der Waals surface area contributed by atoms with Gasteiger partial charge in [-0.05, 0) is 19.1 Å². The number of alkyl halides is 3. The Morgan fingerprint density at radius 3 is 2.59 bits per heavy atom. The number of aryl methyl sites for hydroxylation is 1. The molecule has 3 rings (SSSR count). The minimum Gasteiger partial charge on any atom is -0.439 e. The van der Waals surface area contributed by atoms with E-state index in [4.69, 9.17) is 15.7 Å². The van der Waals surface area contributed by atoms with Gasteiger partial charge in [-0.15, -0.1) is 13.2 Å². The zero-order chi connectivity index (χ0) is 19.6. The number of nitriles is 1. The number of ether oxygens (including phenoxy) is 2. The maximum atomic E-state index is 12.3. The first-order chi connectivity index (χ1) is 12.8. The van der Waals surface area contributed by atoms with Crippen LogP contribution in [0.15, 0.2) is 36.7 Å². The van der Waals surface area contributed by atoms with Crippen LogP contribution in [0.1, 0.15) is 11.3 Å². The van der Waals surface area contributed by atoms with Crippen LogP contribution in [0.3, 0.4) is 0 Å². The molecule has 0 aliphatic rings. The Labute approximate surface area is 150 Å². The fourth-order valence-electron chi connectivity index (χ4n) is 2.22. The Morgan fingerprint density at radius 1 is 1.19 bits per heavy atom. The fourth-order valence-corrected chi connectivity index (χ4v) is 2.22. The number of hydrogen-bond donors (Lipinski definition) is 1. The number of anilines is 1. The lowest BCUT2D eigenvalue weighted by Crippen LogP contribution is -2.17. The van der Waals surface area contributed by atoms with E-state index in [1.165, 1.54) is 29.2 Å². The van der Waals surface area contributed by atoms with Gasteiger partial charge in [-0.25, -0.2) is 9.97 Å². The molecular weight excluding hydrogens is 365 g/mol. The van der Waals surface area contributed by atoms with Crippen LogP contribution in [0.5, 0.6) is 17.4 Å². The van der Waals surface area contributed by atoms with E-state index in [0.29, 0.717) is 5.69 Å². The first kappa shape index (κ1) is 18.0. The van der Waals surface area contributed by atoms with Gasteiger partial charge in [0, 0.05) is 12.1 Å². The molecule has 0 aliphatic carbocycles. The monoisotopic (exact) mass is 376 g/mol. The first-order valence-corrected chi connectivity index (χ1v) is 7.38. The van der Waals surface area contributed by atoms with Crippen molar-refractivity contribution in [1.29, 1.82) is 5.26 Å². The highest BCUT2D eigenvalue weighted by Gasteiger charge is 2.31. The van der Waals surface area contributed by atoms with Crippen molar-refractivity contribution in [3.05, 3.63) is 47.9 Å². The van der Waals surface area contributed by atoms with Crippen molar-refractivity contribution in [3.8, 4) is 29.3 Å². The molecule has 0 spiro atoms. The predicted octanol–water partition coefficient (Wildman–Crippen LogP) is 3.12. The van der Waals surface area contributed by atoms with Crippen molar-refractivity contribution < 1.29 is 22.6 Å². The second kappa shape index (κ2) is 6.83. The number of nitrogen functional groups attached to an aromatic ring is 1. The summed E-state index contributed by atoms with van der Waals surface area (Å²) < 4.78 is 47.5. The maximum Gasteiger partial charge on any atom is 0.573 e. The van der Waals surface area contributed by atoms with E-state index in [-0.39, 0.29) is 28.8 Å². The summed E-state index contributed by atoms with van der Waals surface area (Å²) in [4.78, 5) is 7.91. The quantitative estimate of drug-likeness (QED) is 0.744. The molecule has 2 heterocycles. The average Bonchev–Trinajstić information content (AvgIpc) is 2.88. The maximum absolute atomic E-state index is 12.3. The Bertz CT molecular complexity index is 1030. The Kier molecular flexibility index (Phi) is 4.55. The van der Waals surface area contributed by atoms with Gasteiger partial charge in [0.05, 0.1) is 5.69 Å². The number of nitrogens with zero attached hydrogens (tertiary/aromatic N) is 5. The van der Waals surface area contributed by atoms with Gasteiger partial charge in [0.25, 0.3) is 0 Å². The van der Waals surface area contributed by atoms with E-state index < -0.39 is 12.1 Å². The van der Waals surface area contributed by atoms with Crippen molar-refractivity contribution in [2.75, 3.05) is 5.73 Å². The van der Waals surface area contributed by atoms with Gasteiger partial charge in [0.1, 0.15) is 35.3 Å². The largest absolute Gasteiger partial charge is 0.573 e. The van der Waals surface area contributed by atoms with Crippen LogP contribution >= 0.6 is 0 Å². The van der Waals surface area contributed by atoms with Crippen molar-refractivity contribution >= 4 is 5.82 Å². The van der Waals surface area contributed by atoms with Gasteiger partial charge in [-0.1, -0.05) is 6.07 Å². The zero-order valence-electron chi connectivity index (χ0n) is 13.7. The molecule has 138 valence electrons. The molecule has 0 radical (unpaired) electrons. The van der Waals surface area contributed by atoms with Crippen molar-refractivity contribution in [2.45, 2.75) is 13.3 Å². The van der Waals surface area contributed by atoms with Gasteiger partial charge in [0.15, 0.2) is 5.82 Å². The van der Waals surface area contributed by atoms with Crippen LogP contribution in [0.25, 0.3) is 5.82 Å². The number of rotatable bonds is 4. The molecule has 3 aromatic rings. The fraction of sp³-hybridized carbons (Fsp3) is 0.125. The van der Waals surface area contributed by atoms with Gasteiger partial charge in [-0.2, -0.15) is 15.0 Å². The highest BCUT2D eigenvalue weighted by Crippen LogP contribution is 2.29.